The van der Waals surface area contributed by atoms with Crippen molar-refractivity contribution in [2.24, 2.45) is 0 Å². The summed E-state index contributed by atoms with van der Waals surface area (Å²) in [6.07, 6.45) is 4.77. The van der Waals surface area contributed by atoms with Crippen LogP contribution >= 0.6 is 11.3 Å². The van der Waals surface area contributed by atoms with Crippen LogP contribution in [-0.2, 0) is 0 Å². The molecule has 7 heteroatoms. The van der Waals surface area contributed by atoms with Crippen molar-refractivity contribution < 1.29 is 9.53 Å². The van der Waals surface area contributed by atoms with Gasteiger partial charge in [0, 0.05) is 17.3 Å². The maximum atomic E-state index is 12.5. The van der Waals surface area contributed by atoms with Gasteiger partial charge in [-0.3, -0.25) is 15.1 Å². The molecule has 3 heterocycles. The quantitative estimate of drug-likeness (QED) is 0.793. The zero-order chi connectivity index (χ0) is 16.2. The van der Waals surface area contributed by atoms with Gasteiger partial charge in [-0.25, -0.2) is 9.97 Å². The fourth-order valence-corrected chi connectivity index (χ4v) is 2.66. The molecule has 0 fully saturated rings. The van der Waals surface area contributed by atoms with E-state index >= 15 is 0 Å². The van der Waals surface area contributed by atoms with E-state index in [2.05, 4.69) is 20.3 Å². The molecule has 0 saturated carbocycles. The predicted molar refractivity (Wildman–Crippen MR) is 88.1 cm³/mol. The summed E-state index contributed by atoms with van der Waals surface area (Å²) in [5.74, 6) is 0.426. The van der Waals surface area contributed by atoms with Crippen LogP contribution in [0.5, 0.6) is 11.6 Å². The standard InChI is InChI=1S/C16H14N4O2S/c1-10-11(2)23-16(19-10)20-14(21)13-6-4-8-18-15(13)22-12-5-3-7-17-9-12/h3-9H,1-2H3,(H,19,20,21). The Bertz CT molecular complexity index is 814. The zero-order valence-electron chi connectivity index (χ0n) is 12.6. The highest BCUT2D eigenvalue weighted by atomic mass is 32.1. The Morgan fingerprint density at radius 3 is 2.74 bits per heavy atom. The number of hydrogen-bond donors (Lipinski definition) is 1. The molecule has 3 rings (SSSR count). The van der Waals surface area contributed by atoms with Gasteiger partial charge in [-0.15, -0.1) is 11.3 Å². The molecule has 3 aromatic rings. The number of rotatable bonds is 4. The molecule has 0 saturated heterocycles. The van der Waals surface area contributed by atoms with Crippen molar-refractivity contribution in [3.05, 3.63) is 59.0 Å². The third kappa shape index (κ3) is 3.51. The van der Waals surface area contributed by atoms with Gasteiger partial charge < -0.3 is 4.74 Å². The maximum Gasteiger partial charge on any atom is 0.262 e. The van der Waals surface area contributed by atoms with Crippen LogP contribution in [0.4, 0.5) is 5.13 Å². The van der Waals surface area contributed by atoms with Crippen molar-refractivity contribution in [2.45, 2.75) is 13.8 Å². The predicted octanol–water partition coefficient (Wildman–Crippen LogP) is 3.59. The average Bonchev–Trinajstić information content (AvgIpc) is 2.86. The minimum atomic E-state index is -0.314. The Balaban J connectivity index is 1.83. The van der Waals surface area contributed by atoms with Crippen LogP contribution in [0.1, 0.15) is 20.9 Å². The summed E-state index contributed by atoms with van der Waals surface area (Å²) in [6, 6.07) is 6.83. The molecule has 23 heavy (non-hydrogen) atoms. The molecule has 0 unspecified atom stereocenters. The summed E-state index contributed by atoms with van der Waals surface area (Å²) in [5, 5.41) is 3.34. The van der Waals surface area contributed by atoms with Crippen LogP contribution in [0, 0.1) is 13.8 Å². The number of pyridine rings is 2. The van der Waals surface area contributed by atoms with Gasteiger partial charge in [0.05, 0.1) is 11.9 Å². The van der Waals surface area contributed by atoms with Crippen LogP contribution < -0.4 is 10.1 Å². The molecular weight excluding hydrogens is 312 g/mol. The minimum absolute atomic E-state index is 0.225. The van der Waals surface area contributed by atoms with Gasteiger partial charge in [0.25, 0.3) is 5.91 Å². The average molecular weight is 326 g/mol. The summed E-state index contributed by atoms with van der Waals surface area (Å²) in [7, 11) is 0. The van der Waals surface area contributed by atoms with Crippen LogP contribution in [0.25, 0.3) is 0 Å². The lowest BCUT2D eigenvalue weighted by molar-refractivity contribution is 0.102. The molecule has 0 aliphatic heterocycles. The first-order valence-corrected chi connectivity index (χ1v) is 7.73. The van der Waals surface area contributed by atoms with Gasteiger partial charge in [0.1, 0.15) is 11.3 Å². The molecule has 0 radical (unpaired) electrons. The Hall–Kier alpha value is -2.80. The summed E-state index contributed by atoms with van der Waals surface area (Å²) < 4.78 is 5.65. The highest BCUT2D eigenvalue weighted by Gasteiger charge is 2.16. The van der Waals surface area contributed by atoms with Crippen molar-refractivity contribution >= 4 is 22.4 Å². The number of nitrogens with one attached hydrogen (secondary N) is 1. The third-order valence-corrected chi connectivity index (χ3v) is 4.10. The molecule has 1 N–H and O–H groups in total. The lowest BCUT2D eigenvalue weighted by Gasteiger charge is -2.08. The van der Waals surface area contributed by atoms with E-state index in [4.69, 9.17) is 4.74 Å². The zero-order valence-corrected chi connectivity index (χ0v) is 13.4. The van der Waals surface area contributed by atoms with E-state index < -0.39 is 0 Å². The summed E-state index contributed by atoms with van der Waals surface area (Å²) >= 11 is 1.43. The number of hydrogen-bond acceptors (Lipinski definition) is 6. The number of carbonyl (C=O) groups excluding carboxylic acids is 1. The molecule has 3 aromatic heterocycles. The molecule has 116 valence electrons. The molecule has 0 aliphatic rings. The van der Waals surface area contributed by atoms with Crippen molar-refractivity contribution in [1.82, 2.24) is 15.0 Å². The number of amides is 1. The number of aryl methyl sites for hydroxylation is 2. The van der Waals surface area contributed by atoms with E-state index in [1.54, 1.807) is 42.9 Å². The van der Waals surface area contributed by atoms with Gasteiger partial charge in [0.2, 0.25) is 5.88 Å². The molecule has 6 nitrogen and oxygen atoms in total. The second-order valence-electron chi connectivity index (χ2n) is 4.76. The number of ether oxygens (including phenoxy) is 1. The van der Waals surface area contributed by atoms with Crippen LogP contribution in [-0.4, -0.2) is 20.9 Å². The topological polar surface area (TPSA) is 77.0 Å². The highest BCUT2D eigenvalue weighted by molar-refractivity contribution is 7.15. The van der Waals surface area contributed by atoms with Gasteiger partial charge in [-0.05, 0) is 38.1 Å². The number of aromatic nitrogens is 3. The van der Waals surface area contributed by atoms with Gasteiger partial charge in [0.15, 0.2) is 5.13 Å². The van der Waals surface area contributed by atoms with Gasteiger partial charge in [-0.1, -0.05) is 0 Å². The highest BCUT2D eigenvalue weighted by Crippen LogP contribution is 2.25. The van der Waals surface area contributed by atoms with Crippen molar-refractivity contribution in [3.8, 4) is 11.6 Å². The molecule has 1 amide bonds. The normalized spacial score (nSPS) is 10.3. The van der Waals surface area contributed by atoms with E-state index in [1.165, 1.54) is 11.3 Å². The number of thiazole rings is 1. The number of nitrogens with zero attached hydrogens (tertiary/aromatic N) is 3. The second-order valence-corrected chi connectivity index (χ2v) is 5.96. The summed E-state index contributed by atoms with van der Waals surface area (Å²) in [6.45, 7) is 3.87. The van der Waals surface area contributed by atoms with Crippen LogP contribution in [0.15, 0.2) is 42.9 Å². The fourth-order valence-electron chi connectivity index (χ4n) is 1.85. The van der Waals surface area contributed by atoms with Gasteiger partial charge in [-0.2, -0.15) is 0 Å². The summed E-state index contributed by atoms with van der Waals surface area (Å²) in [5.41, 5.74) is 1.24. The first-order valence-electron chi connectivity index (χ1n) is 6.92. The molecule has 0 aromatic carbocycles. The SMILES string of the molecule is Cc1nc(NC(=O)c2cccnc2Oc2cccnc2)sc1C. The molecular formula is C16H14N4O2S. The molecule has 0 aliphatic carbocycles. The molecule has 0 spiro atoms. The van der Waals surface area contributed by atoms with E-state index in [0.29, 0.717) is 16.4 Å². The van der Waals surface area contributed by atoms with Gasteiger partial charge >= 0.3 is 0 Å². The van der Waals surface area contributed by atoms with E-state index in [1.807, 2.05) is 13.8 Å². The Labute approximate surface area is 137 Å². The fraction of sp³-hybridized carbons (Fsp3) is 0.125. The van der Waals surface area contributed by atoms with Crippen molar-refractivity contribution in [3.63, 3.8) is 0 Å². The Kier molecular flexibility index (Phi) is 4.29. The molecule has 0 bridgehead atoms. The third-order valence-electron chi connectivity index (χ3n) is 3.11. The molecule has 0 atom stereocenters. The number of anilines is 1. The van der Waals surface area contributed by atoms with Crippen LogP contribution in [0.2, 0.25) is 0 Å². The maximum absolute atomic E-state index is 12.5. The van der Waals surface area contributed by atoms with E-state index in [9.17, 15) is 4.79 Å². The smallest absolute Gasteiger partial charge is 0.262 e. The lowest BCUT2D eigenvalue weighted by atomic mass is 10.2. The number of carbonyl (C=O) groups is 1. The first-order chi connectivity index (χ1) is 11.1. The van der Waals surface area contributed by atoms with Crippen molar-refractivity contribution in [1.29, 1.82) is 0 Å². The van der Waals surface area contributed by atoms with E-state index in [0.717, 1.165) is 10.6 Å². The largest absolute Gasteiger partial charge is 0.437 e. The van der Waals surface area contributed by atoms with Crippen molar-refractivity contribution in [2.75, 3.05) is 5.32 Å². The van der Waals surface area contributed by atoms with E-state index in [-0.39, 0.29) is 11.8 Å². The minimum Gasteiger partial charge on any atom is -0.437 e. The second kappa shape index (κ2) is 6.53. The monoisotopic (exact) mass is 326 g/mol. The Morgan fingerprint density at radius 1 is 1.22 bits per heavy atom. The Morgan fingerprint density at radius 2 is 2.04 bits per heavy atom. The van der Waals surface area contributed by atoms with Crippen LogP contribution in [0.3, 0.4) is 0 Å². The first kappa shape index (κ1) is 15.1. The lowest BCUT2D eigenvalue weighted by Crippen LogP contribution is -2.13. The summed E-state index contributed by atoms with van der Waals surface area (Å²) in [4.78, 5) is 25.9.